The number of nitrogens with zero attached hydrogens (tertiary/aromatic N) is 3. The largest absolute Gasteiger partial charge is 0.352 e. The minimum Gasteiger partial charge on any atom is -0.352 e. The Labute approximate surface area is 195 Å². The maximum absolute atomic E-state index is 12.3. The maximum Gasteiger partial charge on any atom is 0.312 e. The van der Waals surface area contributed by atoms with Crippen LogP contribution >= 0.6 is 11.8 Å². The maximum atomic E-state index is 12.3. The minimum absolute atomic E-state index is 0.0182. The molecule has 3 aromatic rings. The molecule has 1 atom stereocenters. The number of nitrogens with two attached hydrogens (primary N) is 1. The van der Waals surface area contributed by atoms with E-state index in [0.717, 1.165) is 11.3 Å². The lowest BCUT2D eigenvalue weighted by Gasteiger charge is -2.20. The molecule has 0 saturated heterocycles. The van der Waals surface area contributed by atoms with E-state index in [0.29, 0.717) is 11.0 Å². The van der Waals surface area contributed by atoms with Crippen LogP contribution in [-0.2, 0) is 9.59 Å². The molecule has 1 unspecified atom stereocenters. The second kappa shape index (κ2) is 11.1. The molecule has 0 aliphatic heterocycles. The van der Waals surface area contributed by atoms with Crippen LogP contribution < -0.4 is 21.9 Å². The predicted molar refractivity (Wildman–Crippen MR) is 125 cm³/mol. The van der Waals surface area contributed by atoms with Gasteiger partial charge in [-0.05, 0) is 18.1 Å². The molecule has 10 nitrogen and oxygen atoms in total. The molecule has 172 valence electrons. The van der Waals surface area contributed by atoms with Crippen molar-refractivity contribution in [3.05, 3.63) is 60.7 Å². The molecule has 0 spiro atoms. The fourth-order valence-corrected chi connectivity index (χ4v) is 3.76. The monoisotopic (exact) mass is 467 g/mol. The summed E-state index contributed by atoms with van der Waals surface area (Å²) in [4.78, 5) is 35.7. The van der Waals surface area contributed by atoms with E-state index >= 15 is 0 Å². The van der Waals surface area contributed by atoms with Crippen LogP contribution in [0.25, 0.3) is 17.1 Å². The fourth-order valence-electron chi connectivity index (χ4n) is 3.01. The van der Waals surface area contributed by atoms with E-state index < -0.39 is 23.9 Å². The highest BCUT2D eigenvalue weighted by Crippen LogP contribution is 2.27. The van der Waals surface area contributed by atoms with Crippen molar-refractivity contribution in [2.24, 2.45) is 11.7 Å². The number of hydrogen-bond donors (Lipinski definition) is 4. The molecule has 0 radical (unpaired) electrons. The Morgan fingerprint density at radius 1 is 0.970 bits per heavy atom. The Morgan fingerprint density at radius 3 is 2.21 bits per heavy atom. The minimum atomic E-state index is -0.870. The van der Waals surface area contributed by atoms with Crippen molar-refractivity contribution in [1.82, 2.24) is 30.9 Å². The highest BCUT2D eigenvalue weighted by molar-refractivity contribution is 7.99. The first-order valence-corrected chi connectivity index (χ1v) is 11.2. The van der Waals surface area contributed by atoms with Crippen molar-refractivity contribution in [2.75, 3.05) is 5.75 Å². The first-order valence-electron chi connectivity index (χ1n) is 10.2. The Balaban J connectivity index is 1.69. The molecule has 0 bridgehead atoms. The predicted octanol–water partition coefficient (Wildman–Crippen LogP) is 1.87. The zero-order chi connectivity index (χ0) is 23.8. The molecule has 1 heterocycles. The second-order valence-electron chi connectivity index (χ2n) is 7.40. The number of carbonyl (C=O) groups excluding carboxylic acids is 3. The number of urea groups is 1. The van der Waals surface area contributed by atoms with E-state index in [4.69, 9.17) is 5.73 Å². The van der Waals surface area contributed by atoms with Crippen molar-refractivity contribution in [3.63, 3.8) is 0 Å². The van der Waals surface area contributed by atoms with Crippen LogP contribution in [0.15, 0.2) is 65.8 Å². The van der Waals surface area contributed by atoms with Gasteiger partial charge in [-0.15, -0.1) is 10.2 Å². The Morgan fingerprint density at radius 2 is 1.61 bits per heavy atom. The number of rotatable bonds is 8. The van der Waals surface area contributed by atoms with Gasteiger partial charge in [0.15, 0.2) is 11.0 Å². The van der Waals surface area contributed by atoms with Gasteiger partial charge in [0.05, 0.1) is 5.75 Å². The van der Waals surface area contributed by atoms with Gasteiger partial charge < -0.3 is 11.1 Å². The number of primary amides is 1. The summed E-state index contributed by atoms with van der Waals surface area (Å²) in [6.07, 6.45) is 0. The van der Waals surface area contributed by atoms with Crippen LogP contribution in [-0.4, -0.2) is 44.4 Å². The first-order chi connectivity index (χ1) is 15.9. The van der Waals surface area contributed by atoms with Crippen LogP contribution in [0.5, 0.6) is 0 Å². The molecular weight excluding hydrogens is 442 g/mol. The summed E-state index contributed by atoms with van der Waals surface area (Å²) in [6.45, 7) is 3.50. The summed E-state index contributed by atoms with van der Waals surface area (Å²) < 4.78 is 1.87. The molecule has 4 amide bonds. The van der Waals surface area contributed by atoms with Gasteiger partial charge in [0.25, 0.3) is 5.91 Å². The van der Waals surface area contributed by atoms with Crippen LogP contribution in [0, 0.1) is 5.92 Å². The van der Waals surface area contributed by atoms with E-state index in [2.05, 4.69) is 26.4 Å². The number of nitrogens with one attached hydrogen (secondary N) is 3. The summed E-state index contributed by atoms with van der Waals surface area (Å²) in [7, 11) is 0. The number of hydrazine groups is 1. The van der Waals surface area contributed by atoms with Gasteiger partial charge in [-0.25, -0.2) is 4.79 Å². The number of hydrogen-bond acceptors (Lipinski definition) is 6. The lowest BCUT2D eigenvalue weighted by atomic mass is 10.0. The lowest BCUT2D eigenvalue weighted by molar-refractivity contribution is -0.129. The highest BCUT2D eigenvalue weighted by atomic mass is 32.2. The van der Waals surface area contributed by atoms with E-state index in [-0.39, 0.29) is 11.7 Å². The number of benzene rings is 2. The molecule has 5 N–H and O–H groups in total. The van der Waals surface area contributed by atoms with Crippen molar-refractivity contribution < 1.29 is 14.4 Å². The summed E-state index contributed by atoms with van der Waals surface area (Å²) >= 11 is 1.18. The third kappa shape index (κ3) is 6.32. The Bertz CT molecular complexity index is 1100. The van der Waals surface area contributed by atoms with Crippen LogP contribution in [0.4, 0.5) is 4.79 Å². The molecule has 11 heteroatoms. The van der Waals surface area contributed by atoms with Gasteiger partial charge in [0.1, 0.15) is 6.04 Å². The van der Waals surface area contributed by atoms with Crippen LogP contribution in [0.3, 0.4) is 0 Å². The van der Waals surface area contributed by atoms with Gasteiger partial charge in [-0.2, -0.15) is 0 Å². The van der Waals surface area contributed by atoms with E-state index in [1.54, 1.807) is 13.8 Å². The van der Waals surface area contributed by atoms with Gasteiger partial charge in [-0.1, -0.05) is 74.1 Å². The highest BCUT2D eigenvalue weighted by Gasteiger charge is 2.24. The zero-order valence-electron chi connectivity index (χ0n) is 18.2. The van der Waals surface area contributed by atoms with Crippen molar-refractivity contribution in [3.8, 4) is 17.1 Å². The smallest absolute Gasteiger partial charge is 0.312 e. The normalized spacial score (nSPS) is 11.6. The van der Waals surface area contributed by atoms with Crippen molar-refractivity contribution in [2.45, 2.75) is 25.0 Å². The van der Waals surface area contributed by atoms with Gasteiger partial charge in [0, 0.05) is 11.3 Å². The SMILES string of the molecule is CC(C)C(NC(N)=O)C(=O)NNC(=O)CSc1nnc(-c2ccccc2)n1-c1ccccc1. The lowest BCUT2D eigenvalue weighted by Crippen LogP contribution is -2.55. The number of para-hydroxylation sites is 1. The number of aromatic nitrogens is 3. The molecule has 2 aromatic carbocycles. The summed E-state index contributed by atoms with van der Waals surface area (Å²) in [5.41, 5.74) is 11.5. The van der Waals surface area contributed by atoms with Gasteiger partial charge in [-0.3, -0.25) is 25.0 Å². The number of amides is 4. The summed E-state index contributed by atoms with van der Waals surface area (Å²) in [5, 5.41) is 11.5. The van der Waals surface area contributed by atoms with Gasteiger partial charge in [0.2, 0.25) is 5.91 Å². The number of carbonyl (C=O) groups is 3. The zero-order valence-corrected chi connectivity index (χ0v) is 19.0. The quantitative estimate of drug-likeness (QED) is 0.294. The molecule has 3 rings (SSSR count). The topological polar surface area (TPSA) is 144 Å². The second-order valence-corrected chi connectivity index (χ2v) is 8.34. The number of thioether (sulfide) groups is 1. The van der Waals surface area contributed by atoms with Gasteiger partial charge >= 0.3 is 6.03 Å². The fraction of sp³-hybridized carbons (Fsp3) is 0.227. The van der Waals surface area contributed by atoms with Crippen molar-refractivity contribution in [1.29, 1.82) is 0 Å². The molecule has 1 aromatic heterocycles. The van der Waals surface area contributed by atoms with E-state index in [1.807, 2.05) is 65.2 Å². The molecule has 33 heavy (non-hydrogen) atoms. The Kier molecular flexibility index (Phi) is 8.03. The van der Waals surface area contributed by atoms with E-state index in [1.165, 1.54) is 11.8 Å². The summed E-state index contributed by atoms with van der Waals surface area (Å²) in [6, 6.07) is 17.5. The van der Waals surface area contributed by atoms with Crippen LogP contribution in [0.2, 0.25) is 0 Å². The molecule has 0 aliphatic rings. The summed E-state index contributed by atoms with van der Waals surface area (Å²) in [5.74, 6) is -0.602. The first kappa shape index (κ1) is 23.8. The Hall–Kier alpha value is -3.86. The average molecular weight is 468 g/mol. The third-order valence-electron chi connectivity index (χ3n) is 4.58. The van der Waals surface area contributed by atoms with Crippen molar-refractivity contribution >= 4 is 29.6 Å². The standard InChI is InChI=1S/C22H25N7O3S/c1-14(2)18(24-21(23)32)20(31)27-25-17(30)13-33-22-28-26-19(15-9-5-3-6-10-15)29(22)16-11-7-4-8-12-16/h3-12,14,18H,13H2,1-2H3,(H,25,30)(H,27,31)(H3,23,24,32). The molecule has 0 saturated carbocycles. The third-order valence-corrected chi connectivity index (χ3v) is 5.51. The molecule has 0 aliphatic carbocycles. The molecule has 0 fully saturated rings. The van der Waals surface area contributed by atoms with E-state index in [9.17, 15) is 14.4 Å². The average Bonchev–Trinajstić information content (AvgIpc) is 3.24. The van der Waals surface area contributed by atoms with Crippen LogP contribution in [0.1, 0.15) is 13.8 Å². The molecular formula is C22H25N7O3S.